The standard InChI is InChI=1S/C18H30N4.HI/c1-4-18(11-6-7-12-18)14-21-17(19-5-2)20-13-16-10-8-9-15(3)22-16;/h8-10H,4-7,11-14H2,1-3H3,(H2,19,20,21);1H. The molecule has 0 aromatic carbocycles. The van der Waals surface area contributed by atoms with Crippen molar-refractivity contribution in [3.8, 4) is 0 Å². The first-order valence-corrected chi connectivity index (χ1v) is 8.62. The van der Waals surface area contributed by atoms with Gasteiger partial charge in [-0.2, -0.15) is 0 Å². The molecule has 0 radical (unpaired) electrons. The van der Waals surface area contributed by atoms with Gasteiger partial charge in [-0.3, -0.25) is 4.98 Å². The smallest absolute Gasteiger partial charge is 0.191 e. The van der Waals surface area contributed by atoms with Gasteiger partial charge in [-0.05, 0) is 50.7 Å². The Kier molecular flexibility index (Phi) is 8.87. The van der Waals surface area contributed by atoms with Crippen LogP contribution in [0.3, 0.4) is 0 Å². The van der Waals surface area contributed by atoms with Crippen molar-refractivity contribution in [2.45, 2.75) is 59.4 Å². The van der Waals surface area contributed by atoms with Crippen LogP contribution in [0.1, 0.15) is 57.3 Å². The summed E-state index contributed by atoms with van der Waals surface area (Å²) in [4.78, 5) is 9.19. The molecule has 5 heteroatoms. The molecule has 1 aliphatic rings. The molecule has 130 valence electrons. The summed E-state index contributed by atoms with van der Waals surface area (Å²) >= 11 is 0. The van der Waals surface area contributed by atoms with Crippen LogP contribution in [-0.2, 0) is 6.54 Å². The first kappa shape index (κ1) is 20.2. The third-order valence-corrected chi connectivity index (χ3v) is 4.73. The van der Waals surface area contributed by atoms with E-state index in [1.807, 2.05) is 25.1 Å². The number of hydrogen-bond acceptors (Lipinski definition) is 2. The number of rotatable bonds is 6. The Morgan fingerprint density at radius 1 is 1.22 bits per heavy atom. The molecular weight excluding hydrogens is 399 g/mol. The summed E-state index contributed by atoms with van der Waals surface area (Å²) in [6.07, 6.45) is 6.68. The molecule has 0 saturated heterocycles. The molecule has 1 fully saturated rings. The zero-order chi connectivity index (χ0) is 15.8. The topological polar surface area (TPSA) is 49.3 Å². The van der Waals surface area contributed by atoms with E-state index in [1.54, 1.807) is 0 Å². The molecule has 2 rings (SSSR count). The Morgan fingerprint density at radius 2 is 1.96 bits per heavy atom. The number of nitrogens with one attached hydrogen (secondary N) is 2. The number of aliphatic imine (C=N–C) groups is 1. The zero-order valence-electron chi connectivity index (χ0n) is 14.7. The van der Waals surface area contributed by atoms with Crippen LogP contribution in [0, 0.1) is 12.3 Å². The minimum atomic E-state index is 0. The maximum atomic E-state index is 4.68. The second-order valence-corrected chi connectivity index (χ2v) is 6.38. The summed E-state index contributed by atoms with van der Waals surface area (Å²) < 4.78 is 0. The second-order valence-electron chi connectivity index (χ2n) is 6.38. The van der Waals surface area contributed by atoms with Crippen LogP contribution < -0.4 is 10.6 Å². The van der Waals surface area contributed by atoms with Gasteiger partial charge < -0.3 is 10.6 Å². The third kappa shape index (κ3) is 6.28. The van der Waals surface area contributed by atoms with Crippen molar-refractivity contribution in [2.75, 3.05) is 13.1 Å². The number of guanidine groups is 1. The van der Waals surface area contributed by atoms with Gasteiger partial charge in [-0.1, -0.05) is 25.8 Å². The number of pyridine rings is 1. The summed E-state index contributed by atoms with van der Waals surface area (Å²) in [5.41, 5.74) is 2.53. The van der Waals surface area contributed by atoms with Crippen LogP contribution in [0.5, 0.6) is 0 Å². The van der Waals surface area contributed by atoms with E-state index in [-0.39, 0.29) is 24.0 Å². The maximum absolute atomic E-state index is 4.68. The van der Waals surface area contributed by atoms with Crippen molar-refractivity contribution in [2.24, 2.45) is 10.4 Å². The largest absolute Gasteiger partial charge is 0.357 e. The molecule has 1 saturated carbocycles. The SMILES string of the molecule is CCNC(=NCc1cccc(C)n1)NCC1(CC)CCCC1.I. The fourth-order valence-corrected chi connectivity index (χ4v) is 3.24. The molecule has 0 spiro atoms. The van der Waals surface area contributed by atoms with E-state index < -0.39 is 0 Å². The summed E-state index contributed by atoms with van der Waals surface area (Å²) in [5, 5.41) is 6.89. The lowest BCUT2D eigenvalue weighted by Crippen LogP contribution is -2.42. The number of aromatic nitrogens is 1. The predicted molar refractivity (Wildman–Crippen MR) is 108 cm³/mol. The summed E-state index contributed by atoms with van der Waals surface area (Å²) in [6, 6.07) is 6.09. The van der Waals surface area contributed by atoms with E-state index in [0.29, 0.717) is 12.0 Å². The van der Waals surface area contributed by atoms with Crippen LogP contribution in [-0.4, -0.2) is 24.0 Å². The average Bonchev–Trinajstić information content (AvgIpc) is 3.00. The van der Waals surface area contributed by atoms with Gasteiger partial charge in [-0.25, -0.2) is 4.99 Å². The number of aryl methyl sites for hydroxylation is 1. The molecule has 1 aromatic heterocycles. The highest BCUT2D eigenvalue weighted by atomic mass is 127. The van der Waals surface area contributed by atoms with Crippen molar-refractivity contribution in [1.82, 2.24) is 15.6 Å². The predicted octanol–water partition coefficient (Wildman–Crippen LogP) is 4.03. The van der Waals surface area contributed by atoms with Crippen LogP contribution in [0.2, 0.25) is 0 Å². The van der Waals surface area contributed by atoms with Crippen LogP contribution in [0.15, 0.2) is 23.2 Å². The van der Waals surface area contributed by atoms with Gasteiger partial charge in [0.05, 0.1) is 12.2 Å². The highest BCUT2D eigenvalue weighted by Gasteiger charge is 2.31. The van der Waals surface area contributed by atoms with Crippen molar-refractivity contribution < 1.29 is 0 Å². The first-order chi connectivity index (χ1) is 10.7. The van der Waals surface area contributed by atoms with Crippen LogP contribution in [0.25, 0.3) is 0 Å². The molecule has 0 bridgehead atoms. The Hall–Kier alpha value is -0.850. The van der Waals surface area contributed by atoms with Crippen LogP contribution in [0.4, 0.5) is 0 Å². The van der Waals surface area contributed by atoms with E-state index in [9.17, 15) is 0 Å². The molecule has 1 heterocycles. The summed E-state index contributed by atoms with van der Waals surface area (Å²) in [5.74, 6) is 0.908. The van der Waals surface area contributed by atoms with Crippen molar-refractivity contribution in [3.63, 3.8) is 0 Å². The third-order valence-electron chi connectivity index (χ3n) is 4.73. The zero-order valence-corrected chi connectivity index (χ0v) is 17.0. The lowest BCUT2D eigenvalue weighted by atomic mass is 9.83. The molecule has 1 aromatic rings. The Morgan fingerprint density at radius 3 is 2.57 bits per heavy atom. The molecule has 4 nitrogen and oxygen atoms in total. The first-order valence-electron chi connectivity index (χ1n) is 8.62. The van der Waals surface area contributed by atoms with Crippen molar-refractivity contribution in [3.05, 3.63) is 29.6 Å². The Labute approximate surface area is 158 Å². The van der Waals surface area contributed by atoms with Gasteiger partial charge in [0.15, 0.2) is 5.96 Å². The average molecular weight is 430 g/mol. The van der Waals surface area contributed by atoms with Gasteiger partial charge in [0.25, 0.3) is 0 Å². The molecule has 0 aliphatic heterocycles. The highest BCUT2D eigenvalue weighted by Crippen LogP contribution is 2.40. The van der Waals surface area contributed by atoms with Crippen molar-refractivity contribution >= 4 is 29.9 Å². The van der Waals surface area contributed by atoms with Gasteiger partial charge in [0.1, 0.15) is 0 Å². The van der Waals surface area contributed by atoms with E-state index in [2.05, 4.69) is 34.5 Å². The van der Waals surface area contributed by atoms with E-state index in [0.717, 1.165) is 30.4 Å². The van der Waals surface area contributed by atoms with Gasteiger partial charge in [0, 0.05) is 18.8 Å². The lowest BCUT2D eigenvalue weighted by molar-refractivity contribution is 0.283. The molecule has 0 unspecified atom stereocenters. The van der Waals surface area contributed by atoms with E-state index in [1.165, 1.54) is 32.1 Å². The normalized spacial score (nSPS) is 16.7. The van der Waals surface area contributed by atoms with E-state index >= 15 is 0 Å². The minimum absolute atomic E-state index is 0. The van der Waals surface area contributed by atoms with Crippen LogP contribution >= 0.6 is 24.0 Å². The van der Waals surface area contributed by atoms with Gasteiger partial charge in [0.2, 0.25) is 0 Å². The fourth-order valence-electron chi connectivity index (χ4n) is 3.24. The monoisotopic (exact) mass is 430 g/mol. The molecule has 0 amide bonds. The van der Waals surface area contributed by atoms with Gasteiger partial charge >= 0.3 is 0 Å². The molecule has 1 aliphatic carbocycles. The molecule has 2 N–H and O–H groups in total. The highest BCUT2D eigenvalue weighted by molar-refractivity contribution is 14.0. The second kappa shape index (κ2) is 10.1. The number of halogens is 1. The van der Waals surface area contributed by atoms with E-state index in [4.69, 9.17) is 0 Å². The summed E-state index contributed by atoms with van der Waals surface area (Å²) in [6.45, 7) is 8.96. The quantitative estimate of drug-likeness (QED) is 0.407. The molecular formula is C18H31IN4. The van der Waals surface area contributed by atoms with Gasteiger partial charge in [-0.15, -0.1) is 24.0 Å². The Balaban J connectivity index is 0.00000264. The number of nitrogens with zero attached hydrogens (tertiary/aromatic N) is 2. The minimum Gasteiger partial charge on any atom is -0.357 e. The number of hydrogen-bond donors (Lipinski definition) is 2. The molecule has 0 atom stereocenters. The maximum Gasteiger partial charge on any atom is 0.191 e. The van der Waals surface area contributed by atoms with Crippen molar-refractivity contribution in [1.29, 1.82) is 0 Å². The Bertz CT molecular complexity index is 496. The fraction of sp³-hybridized carbons (Fsp3) is 0.667. The molecule has 23 heavy (non-hydrogen) atoms. The summed E-state index contributed by atoms with van der Waals surface area (Å²) in [7, 11) is 0. The lowest BCUT2D eigenvalue weighted by Gasteiger charge is -2.28.